The Balaban J connectivity index is 1.48. The Bertz CT molecular complexity index is 684. The summed E-state index contributed by atoms with van der Waals surface area (Å²) in [6, 6.07) is 7.47. The van der Waals surface area contributed by atoms with Crippen LogP contribution in [0.5, 0.6) is 0 Å². The highest BCUT2D eigenvalue weighted by Crippen LogP contribution is 2.39. The molecule has 0 bridgehead atoms. The minimum Gasteiger partial charge on any atom is -0.351 e. The molecule has 1 aromatic heterocycles. The topological polar surface area (TPSA) is 59.8 Å². The monoisotopic (exact) mass is 336 g/mol. The van der Waals surface area contributed by atoms with E-state index in [1.807, 2.05) is 35.9 Å². The van der Waals surface area contributed by atoms with Crippen LogP contribution in [0.3, 0.4) is 0 Å². The molecule has 2 aromatic rings. The molecule has 1 N–H and O–H groups in total. The molecule has 0 unspecified atom stereocenters. The van der Waals surface area contributed by atoms with Crippen molar-refractivity contribution in [1.82, 2.24) is 20.1 Å². The fourth-order valence-corrected chi connectivity index (χ4v) is 3.14. The van der Waals surface area contributed by atoms with Crippen molar-refractivity contribution in [2.45, 2.75) is 30.5 Å². The van der Waals surface area contributed by atoms with Gasteiger partial charge in [-0.15, -0.1) is 10.2 Å². The lowest BCUT2D eigenvalue weighted by Crippen LogP contribution is -2.24. The van der Waals surface area contributed by atoms with E-state index in [1.54, 1.807) is 0 Å². The molecule has 5 nitrogen and oxygen atoms in total. The van der Waals surface area contributed by atoms with Crippen LogP contribution < -0.4 is 5.32 Å². The number of benzene rings is 1. The third-order valence-corrected chi connectivity index (χ3v) is 4.78. The van der Waals surface area contributed by atoms with Gasteiger partial charge in [0.1, 0.15) is 5.82 Å². The SMILES string of the molecule is Cn1c(SCC(=O)NCc2cccc(Cl)c2)nnc1C1CC1. The third kappa shape index (κ3) is 3.81. The number of nitrogens with one attached hydrogen (secondary N) is 1. The number of carbonyl (C=O) groups is 1. The van der Waals surface area contributed by atoms with Crippen molar-refractivity contribution < 1.29 is 4.79 Å². The van der Waals surface area contributed by atoms with Crippen LogP contribution in [0.15, 0.2) is 29.4 Å². The first kappa shape index (κ1) is 15.4. The van der Waals surface area contributed by atoms with E-state index < -0.39 is 0 Å². The number of hydrogen-bond donors (Lipinski definition) is 1. The molecule has 0 aliphatic heterocycles. The maximum atomic E-state index is 11.9. The van der Waals surface area contributed by atoms with Crippen LogP contribution >= 0.6 is 23.4 Å². The minimum atomic E-state index is -0.0269. The predicted octanol–water partition coefficient (Wildman–Crippen LogP) is 2.75. The molecular formula is C15H17ClN4OS. The molecule has 1 fully saturated rings. The zero-order valence-electron chi connectivity index (χ0n) is 12.3. The maximum absolute atomic E-state index is 11.9. The van der Waals surface area contributed by atoms with E-state index in [2.05, 4.69) is 15.5 Å². The first-order chi connectivity index (χ1) is 10.6. The number of halogens is 1. The molecular weight excluding hydrogens is 320 g/mol. The molecule has 0 atom stereocenters. The largest absolute Gasteiger partial charge is 0.351 e. The van der Waals surface area contributed by atoms with Gasteiger partial charge in [0.05, 0.1) is 5.75 Å². The molecule has 7 heteroatoms. The van der Waals surface area contributed by atoms with E-state index in [-0.39, 0.29) is 5.91 Å². The lowest BCUT2D eigenvalue weighted by molar-refractivity contribution is -0.118. The summed E-state index contributed by atoms with van der Waals surface area (Å²) in [7, 11) is 1.96. The first-order valence-corrected chi connectivity index (χ1v) is 8.53. The molecule has 1 aliphatic carbocycles. The Morgan fingerprint density at radius 1 is 1.45 bits per heavy atom. The average Bonchev–Trinajstić information content (AvgIpc) is 3.27. The van der Waals surface area contributed by atoms with Crippen LogP contribution in [-0.2, 0) is 18.4 Å². The lowest BCUT2D eigenvalue weighted by Gasteiger charge is -2.06. The van der Waals surface area contributed by atoms with E-state index in [9.17, 15) is 4.79 Å². The van der Waals surface area contributed by atoms with Crippen molar-refractivity contribution in [3.05, 3.63) is 40.7 Å². The first-order valence-electron chi connectivity index (χ1n) is 7.16. The van der Waals surface area contributed by atoms with Gasteiger partial charge in [0.25, 0.3) is 0 Å². The summed E-state index contributed by atoms with van der Waals surface area (Å²) in [5.74, 6) is 1.89. The highest BCUT2D eigenvalue weighted by atomic mass is 35.5. The fraction of sp³-hybridized carbons (Fsp3) is 0.400. The van der Waals surface area contributed by atoms with E-state index in [1.165, 1.54) is 24.6 Å². The average molecular weight is 337 g/mol. The molecule has 0 saturated heterocycles. The molecule has 0 spiro atoms. The summed E-state index contributed by atoms with van der Waals surface area (Å²) in [5.41, 5.74) is 0.987. The van der Waals surface area contributed by atoms with Crippen LogP contribution in [0, 0.1) is 0 Å². The molecule has 0 radical (unpaired) electrons. The smallest absolute Gasteiger partial charge is 0.230 e. The van der Waals surface area contributed by atoms with E-state index >= 15 is 0 Å². The normalized spacial score (nSPS) is 14.1. The van der Waals surface area contributed by atoms with Crippen molar-refractivity contribution in [1.29, 1.82) is 0 Å². The summed E-state index contributed by atoms with van der Waals surface area (Å²) < 4.78 is 1.99. The van der Waals surface area contributed by atoms with Crippen LogP contribution in [0.4, 0.5) is 0 Å². The Morgan fingerprint density at radius 3 is 3.00 bits per heavy atom. The van der Waals surface area contributed by atoms with Crippen LogP contribution in [0.2, 0.25) is 5.02 Å². The summed E-state index contributed by atoms with van der Waals surface area (Å²) in [6.07, 6.45) is 2.38. The number of hydrogen-bond acceptors (Lipinski definition) is 4. The van der Waals surface area contributed by atoms with Gasteiger partial charge in [-0.25, -0.2) is 0 Å². The van der Waals surface area contributed by atoms with Crippen molar-refractivity contribution in [3.63, 3.8) is 0 Å². The zero-order chi connectivity index (χ0) is 15.5. The predicted molar refractivity (Wildman–Crippen MR) is 87.0 cm³/mol. The van der Waals surface area contributed by atoms with Gasteiger partial charge in [-0.2, -0.15) is 0 Å². The van der Waals surface area contributed by atoms with Gasteiger partial charge in [0.2, 0.25) is 5.91 Å². The number of nitrogens with zero attached hydrogens (tertiary/aromatic N) is 3. The van der Waals surface area contributed by atoms with Crippen LogP contribution in [-0.4, -0.2) is 26.4 Å². The number of aromatic nitrogens is 3. The number of rotatable bonds is 6. The second-order valence-electron chi connectivity index (χ2n) is 5.37. The Labute approximate surface area is 138 Å². The minimum absolute atomic E-state index is 0.0269. The maximum Gasteiger partial charge on any atom is 0.230 e. The molecule has 116 valence electrons. The second kappa shape index (κ2) is 6.71. The van der Waals surface area contributed by atoms with Gasteiger partial charge in [0, 0.05) is 24.5 Å². The number of amides is 1. The fourth-order valence-electron chi connectivity index (χ4n) is 2.18. The van der Waals surface area contributed by atoms with Crippen molar-refractivity contribution in [3.8, 4) is 0 Å². The van der Waals surface area contributed by atoms with Crippen LogP contribution in [0.25, 0.3) is 0 Å². The molecule has 22 heavy (non-hydrogen) atoms. The Morgan fingerprint density at radius 2 is 2.27 bits per heavy atom. The van der Waals surface area contributed by atoms with Gasteiger partial charge >= 0.3 is 0 Å². The standard InChI is InChI=1S/C15H17ClN4OS/c1-20-14(11-5-6-11)18-19-15(20)22-9-13(21)17-8-10-3-2-4-12(16)7-10/h2-4,7,11H,5-6,8-9H2,1H3,(H,17,21). The quantitative estimate of drug-likeness (QED) is 0.824. The second-order valence-corrected chi connectivity index (χ2v) is 6.75. The highest BCUT2D eigenvalue weighted by molar-refractivity contribution is 7.99. The van der Waals surface area contributed by atoms with Gasteiger partial charge in [-0.3, -0.25) is 4.79 Å². The Hall–Kier alpha value is -1.53. The molecule has 1 heterocycles. The van der Waals surface area contributed by atoms with Crippen molar-refractivity contribution in [2.24, 2.45) is 7.05 Å². The van der Waals surface area contributed by atoms with Gasteiger partial charge in [-0.05, 0) is 30.5 Å². The molecule has 1 amide bonds. The third-order valence-electron chi connectivity index (χ3n) is 3.52. The van der Waals surface area contributed by atoms with Gasteiger partial charge in [-0.1, -0.05) is 35.5 Å². The van der Waals surface area contributed by atoms with Crippen LogP contribution in [0.1, 0.15) is 30.1 Å². The molecule has 1 saturated carbocycles. The van der Waals surface area contributed by atoms with E-state index in [0.29, 0.717) is 23.2 Å². The molecule has 1 aliphatic rings. The van der Waals surface area contributed by atoms with Crippen molar-refractivity contribution >= 4 is 29.3 Å². The number of carbonyl (C=O) groups excluding carboxylic acids is 1. The summed E-state index contributed by atoms with van der Waals surface area (Å²) >= 11 is 7.33. The summed E-state index contributed by atoms with van der Waals surface area (Å²) in [5, 5.41) is 12.7. The van der Waals surface area contributed by atoms with Crippen molar-refractivity contribution in [2.75, 3.05) is 5.75 Å². The number of thioether (sulfide) groups is 1. The Kier molecular flexibility index (Phi) is 4.69. The summed E-state index contributed by atoms with van der Waals surface area (Å²) in [6.45, 7) is 0.478. The summed E-state index contributed by atoms with van der Waals surface area (Å²) in [4.78, 5) is 11.9. The zero-order valence-corrected chi connectivity index (χ0v) is 13.8. The van der Waals surface area contributed by atoms with E-state index in [4.69, 9.17) is 11.6 Å². The van der Waals surface area contributed by atoms with E-state index in [0.717, 1.165) is 16.5 Å². The van der Waals surface area contributed by atoms with Gasteiger partial charge in [0.15, 0.2) is 5.16 Å². The molecule has 1 aromatic carbocycles. The van der Waals surface area contributed by atoms with Gasteiger partial charge < -0.3 is 9.88 Å². The highest BCUT2D eigenvalue weighted by Gasteiger charge is 2.29. The lowest BCUT2D eigenvalue weighted by atomic mass is 10.2. The molecule has 3 rings (SSSR count).